The first-order valence-corrected chi connectivity index (χ1v) is 7.09. The number of aryl methyl sites for hydroxylation is 1. The van der Waals surface area contributed by atoms with E-state index >= 15 is 0 Å². The van der Waals surface area contributed by atoms with E-state index < -0.39 is 0 Å². The van der Waals surface area contributed by atoms with Crippen molar-refractivity contribution < 1.29 is 9.53 Å². The van der Waals surface area contributed by atoms with Crippen LogP contribution in [-0.2, 0) is 23.1 Å². The summed E-state index contributed by atoms with van der Waals surface area (Å²) >= 11 is 0. The molecule has 2 atom stereocenters. The average molecular weight is 264 g/mol. The highest BCUT2D eigenvalue weighted by molar-refractivity contribution is 5.79. The smallest absolute Gasteiger partial charge is 0.226 e. The maximum absolute atomic E-state index is 12.3. The Bertz CT molecular complexity index is 426. The highest BCUT2D eigenvalue weighted by Crippen LogP contribution is 2.26. The van der Waals surface area contributed by atoms with Crippen molar-refractivity contribution in [2.24, 2.45) is 18.9 Å². The third-order valence-electron chi connectivity index (χ3n) is 3.86. The lowest BCUT2D eigenvalue weighted by molar-refractivity contribution is -0.137. The van der Waals surface area contributed by atoms with Crippen molar-refractivity contribution in [2.45, 2.75) is 39.3 Å². The lowest BCUT2D eigenvalue weighted by Crippen LogP contribution is -2.43. The molecule has 4 heteroatoms. The average Bonchev–Trinajstić information content (AvgIpc) is 2.81. The highest BCUT2D eigenvalue weighted by atomic mass is 16.5. The van der Waals surface area contributed by atoms with E-state index in [-0.39, 0.29) is 17.9 Å². The van der Waals surface area contributed by atoms with Crippen molar-refractivity contribution in [3.8, 4) is 0 Å². The maximum Gasteiger partial charge on any atom is 0.226 e. The number of hydrogen-bond donors (Lipinski definition) is 1. The molecule has 0 bridgehead atoms. The van der Waals surface area contributed by atoms with Gasteiger partial charge >= 0.3 is 0 Å². The summed E-state index contributed by atoms with van der Waals surface area (Å²) in [6.45, 7) is 5.61. The Morgan fingerprint density at radius 2 is 2.37 bits per heavy atom. The Balaban J connectivity index is 1.92. The van der Waals surface area contributed by atoms with Crippen LogP contribution < -0.4 is 5.32 Å². The monoisotopic (exact) mass is 264 g/mol. The van der Waals surface area contributed by atoms with Crippen LogP contribution in [0.25, 0.3) is 0 Å². The molecule has 0 radical (unpaired) electrons. The molecule has 1 aliphatic heterocycles. The first-order chi connectivity index (χ1) is 9.09. The van der Waals surface area contributed by atoms with Crippen LogP contribution >= 0.6 is 0 Å². The molecule has 0 spiro atoms. The van der Waals surface area contributed by atoms with E-state index in [9.17, 15) is 4.79 Å². The van der Waals surface area contributed by atoms with E-state index in [2.05, 4.69) is 19.2 Å². The number of ether oxygens (including phenoxy) is 1. The molecule has 0 unspecified atom stereocenters. The summed E-state index contributed by atoms with van der Waals surface area (Å²) in [6, 6.07) is 4.01. The lowest BCUT2D eigenvalue weighted by Gasteiger charge is -2.33. The van der Waals surface area contributed by atoms with Gasteiger partial charge in [0.15, 0.2) is 0 Å². The van der Waals surface area contributed by atoms with Crippen LogP contribution in [-0.4, -0.2) is 23.2 Å². The van der Waals surface area contributed by atoms with Gasteiger partial charge in [-0.15, -0.1) is 0 Å². The van der Waals surface area contributed by atoms with Gasteiger partial charge in [0.2, 0.25) is 5.91 Å². The third-order valence-corrected chi connectivity index (χ3v) is 3.86. The molecule has 1 N–H and O–H groups in total. The first-order valence-electron chi connectivity index (χ1n) is 7.09. The van der Waals surface area contributed by atoms with Crippen LogP contribution in [0.5, 0.6) is 0 Å². The van der Waals surface area contributed by atoms with Gasteiger partial charge < -0.3 is 14.6 Å². The molecule has 1 aromatic heterocycles. The number of aromatic nitrogens is 1. The molecule has 0 aromatic carbocycles. The Morgan fingerprint density at radius 3 is 3.00 bits per heavy atom. The molecule has 0 aliphatic carbocycles. The van der Waals surface area contributed by atoms with Gasteiger partial charge in [-0.05, 0) is 30.9 Å². The largest absolute Gasteiger partial charge is 0.377 e. The summed E-state index contributed by atoms with van der Waals surface area (Å²) in [7, 11) is 1.99. The zero-order valence-electron chi connectivity index (χ0n) is 12.1. The summed E-state index contributed by atoms with van der Waals surface area (Å²) in [4.78, 5) is 12.3. The fourth-order valence-corrected chi connectivity index (χ4v) is 2.73. The number of nitrogens with one attached hydrogen (secondary N) is 1. The molecule has 1 saturated heterocycles. The Kier molecular flexibility index (Phi) is 4.64. The summed E-state index contributed by atoms with van der Waals surface area (Å²) in [5.74, 6) is 0.500. The minimum Gasteiger partial charge on any atom is -0.377 e. The van der Waals surface area contributed by atoms with Crippen LogP contribution in [0, 0.1) is 11.8 Å². The normalized spacial score (nSPS) is 23.6. The van der Waals surface area contributed by atoms with Crippen LogP contribution in [0.4, 0.5) is 0 Å². The standard InChI is InChI=1S/C15H24N2O2/c1-11(2)14-13(7-5-9-19-14)15(18)16-10-12-6-4-8-17(12)3/h4,6,8,11,13-14H,5,7,9-10H2,1-3H3,(H,16,18)/t13-,14+/m1/s1. The van der Waals surface area contributed by atoms with Crippen LogP contribution in [0.15, 0.2) is 18.3 Å². The molecular weight excluding hydrogens is 240 g/mol. The fraction of sp³-hybridized carbons (Fsp3) is 0.667. The Hall–Kier alpha value is -1.29. The van der Waals surface area contributed by atoms with Crippen molar-refractivity contribution in [1.29, 1.82) is 0 Å². The van der Waals surface area contributed by atoms with Gasteiger partial charge in [-0.3, -0.25) is 4.79 Å². The molecule has 2 heterocycles. The number of rotatable bonds is 4. The molecule has 1 aliphatic rings. The van der Waals surface area contributed by atoms with E-state index in [0.29, 0.717) is 12.5 Å². The van der Waals surface area contributed by atoms with Gasteiger partial charge in [-0.2, -0.15) is 0 Å². The summed E-state index contributed by atoms with van der Waals surface area (Å²) < 4.78 is 7.79. The van der Waals surface area contributed by atoms with Crippen molar-refractivity contribution in [3.05, 3.63) is 24.0 Å². The summed E-state index contributed by atoms with van der Waals surface area (Å²) in [6.07, 6.45) is 3.96. The zero-order valence-corrected chi connectivity index (χ0v) is 12.1. The minimum absolute atomic E-state index is 0.00554. The predicted molar refractivity (Wildman–Crippen MR) is 74.6 cm³/mol. The van der Waals surface area contributed by atoms with Crippen molar-refractivity contribution in [2.75, 3.05) is 6.61 Å². The second kappa shape index (κ2) is 6.24. The van der Waals surface area contributed by atoms with Crippen molar-refractivity contribution >= 4 is 5.91 Å². The molecule has 2 rings (SSSR count). The number of carbonyl (C=O) groups excluding carboxylic acids is 1. The van der Waals surface area contributed by atoms with E-state index in [1.807, 2.05) is 29.9 Å². The van der Waals surface area contributed by atoms with Gasteiger partial charge in [0.25, 0.3) is 0 Å². The molecule has 1 aromatic rings. The minimum atomic E-state index is -0.00554. The Labute approximate surface area is 115 Å². The third kappa shape index (κ3) is 3.38. The Morgan fingerprint density at radius 1 is 1.58 bits per heavy atom. The van der Waals surface area contributed by atoms with Gasteiger partial charge in [-0.1, -0.05) is 13.8 Å². The molecule has 19 heavy (non-hydrogen) atoms. The topological polar surface area (TPSA) is 43.3 Å². The summed E-state index contributed by atoms with van der Waals surface area (Å²) in [5, 5.41) is 3.04. The van der Waals surface area contributed by atoms with Gasteiger partial charge in [0.05, 0.1) is 18.6 Å². The van der Waals surface area contributed by atoms with E-state index in [0.717, 1.165) is 25.1 Å². The molecular formula is C15H24N2O2. The second-order valence-corrected chi connectivity index (χ2v) is 5.66. The number of nitrogens with zero attached hydrogens (tertiary/aromatic N) is 1. The first kappa shape index (κ1) is 14.1. The number of hydrogen-bond acceptors (Lipinski definition) is 2. The van der Waals surface area contributed by atoms with Crippen LogP contribution in [0.2, 0.25) is 0 Å². The molecule has 106 valence electrons. The molecule has 1 amide bonds. The van der Waals surface area contributed by atoms with Gasteiger partial charge in [0.1, 0.15) is 0 Å². The molecule has 1 fully saturated rings. The van der Waals surface area contributed by atoms with Crippen LogP contribution in [0.3, 0.4) is 0 Å². The van der Waals surface area contributed by atoms with E-state index in [1.165, 1.54) is 0 Å². The quantitative estimate of drug-likeness (QED) is 0.905. The van der Waals surface area contributed by atoms with Crippen molar-refractivity contribution in [3.63, 3.8) is 0 Å². The summed E-state index contributed by atoms with van der Waals surface area (Å²) in [5.41, 5.74) is 1.12. The van der Waals surface area contributed by atoms with Crippen LogP contribution in [0.1, 0.15) is 32.4 Å². The predicted octanol–water partition coefficient (Wildman–Crippen LogP) is 2.09. The lowest BCUT2D eigenvalue weighted by atomic mass is 9.87. The van der Waals surface area contributed by atoms with E-state index in [4.69, 9.17) is 4.74 Å². The maximum atomic E-state index is 12.3. The fourth-order valence-electron chi connectivity index (χ4n) is 2.73. The van der Waals surface area contributed by atoms with Gasteiger partial charge in [0, 0.05) is 25.5 Å². The number of carbonyl (C=O) groups is 1. The van der Waals surface area contributed by atoms with Crippen molar-refractivity contribution in [1.82, 2.24) is 9.88 Å². The molecule has 0 saturated carbocycles. The van der Waals surface area contributed by atoms with Gasteiger partial charge in [-0.25, -0.2) is 0 Å². The zero-order chi connectivity index (χ0) is 13.8. The highest BCUT2D eigenvalue weighted by Gasteiger charge is 2.33. The number of amides is 1. The second-order valence-electron chi connectivity index (χ2n) is 5.66. The SMILES string of the molecule is CC(C)[C@@H]1OCCC[C@H]1C(=O)NCc1cccn1C. The molecule has 4 nitrogen and oxygen atoms in total. The van der Waals surface area contributed by atoms with E-state index in [1.54, 1.807) is 0 Å².